The van der Waals surface area contributed by atoms with Crippen LogP contribution in [0.2, 0.25) is 0 Å². The number of carboxylic acids is 2. The summed E-state index contributed by atoms with van der Waals surface area (Å²) in [6.45, 7) is 28.4. The van der Waals surface area contributed by atoms with Crippen LogP contribution in [-0.4, -0.2) is 46.2 Å². The molecule has 0 saturated heterocycles. The molecule has 2 aromatic carbocycles. The molecule has 9 heteroatoms. The third-order valence-electron chi connectivity index (χ3n) is 9.14. The Morgan fingerprint density at radius 3 is 1.48 bits per heavy atom. The van der Waals surface area contributed by atoms with Crippen LogP contribution in [0.1, 0.15) is 156 Å². The smallest absolute Gasteiger partial charge is 0.550 e. The molecule has 2 aliphatic carbocycles. The van der Waals surface area contributed by atoms with Crippen LogP contribution in [0, 0.1) is 16.7 Å². The first kappa shape index (κ1) is 46.8. The maximum Gasteiger partial charge on any atom is 2.00 e. The number of carbonyl (C=O) groups is 2. The van der Waals surface area contributed by atoms with Gasteiger partial charge in [0.1, 0.15) is 11.5 Å². The minimum atomic E-state index is -1.08. The third kappa shape index (κ3) is 14.3. The number of aromatic hydroxyl groups is 2. The zero-order chi connectivity index (χ0) is 39.3. The number of carboxylic acid groups (broad SMARTS) is 2. The predicted octanol–water partition coefficient (Wildman–Crippen LogP) is 7.23. The molecule has 2 N–H and O–H groups in total. The van der Waals surface area contributed by atoms with Crippen LogP contribution >= 0.6 is 0 Å². The first-order valence-corrected chi connectivity index (χ1v) is 18.2. The van der Waals surface area contributed by atoms with Crippen molar-refractivity contribution in [2.45, 2.75) is 158 Å². The van der Waals surface area contributed by atoms with Gasteiger partial charge in [0.25, 0.3) is 0 Å². The van der Waals surface area contributed by atoms with E-state index >= 15 is 0 Å². The van der Waals surface area contributed by atoms with Gasteiger partial charge >= 0.3 is 16.8 Å². The van der Waals surface area contributed by atoms with E-state index in [0.717, 1.165) is 68.2 Å². The van der Waals surface area contributed by atoms with Crippen molar-refractivity contribution in [3.05, 3.63) is 57.6 Å². The maximum atomic E-state index is 11.4. The van der Waals surface area contributed by atoms with E-state index in [9.17, 15) is 10.2 Å². The Kier molecular flexibility index (Phi) is 16.0. The van der Waals surface area contributed by atoms with Gasteiger partial charge < -0.3 is 30.0 Å². The van der Waals surface area contributed by atoms with Crippen molar-refractivity contribution in [1.82, 2.24) is 0 Å². The average Bonchev–Trinajstić information content (AvgIpc) is 3.48. The van der Waals surface area contributed by atoms with Crippen molar-refractivity contribution in [1.29, 1.82) is 0 Å². The number of carbonyl (C=O) groups excluding carboxylic acids is 2. The molecule has 0 amide bonds. The fourth-order valence-corrected chi connectivity index (χ4v) is 7.18. The fraction of sp³-hybridized carbons (Fsp3) is 0.628. The zero-order valence-corrected chi connectivity index (χ0v) is 35.2. The Labute approximate surface area is 323 Å². The molecule has 3 unspecified atom stereocenters. The van der Waals surface area contributed by atoms with Gasteiger partial charge in [0.05, 0.1) is 11.6 Å². The van der Waals surface area contributed by atoms with Gasteiger partial charge in [-0.2, -0.15) is 0 Å². The number of hydrogen-bond donors (Lipinski definition) is 2. The molecule has 0 aliphatic heterocycles. The van der Waals surface area contributed by atoms with E-state index in [1.54, 1.807) is 0 Å². The number of phenols is 2. The van der Waals surface area contributed by atoms with E-state index in [1.165, 1.54) is 17.5 Å². The van der Waals surface area contributed by atoms with Gasteiger partial charge in [-0.25, -0.2) is 0 Å². The van der Waals surface area contributed by atoms with E-state index in [-0.39, 0.29) is 50.0 Å². The largest absolute Gasteiger partial charge is 2.00 e. The SMILES string of the molecule is CC(=O)[O-].CC(=O)[O-].CC(C)(C)Cc1cc(C=NC2CC3CCC2(N=Cc2cc(CC(C)(C)C)cc(C(C)(C)C)c2O)C3)c(O)c(C(C)(C)C)c1.[Co+2]. The molecule has 0 spiro atoms. The van der Waals surface area contributed by atoms with E-state index in [0.29, 0.717) is 17.4 Å². The van der Waals surface area contributed by atoms with Crippen LogP contribution < -0.4 is 10.2 Å². The third-order valence-corrected chi connectivity index (χ3v) is 9.14. The van der Waals surface area contributed by atoms with Crippen molar-refractivity contribution in [2.75, 3.05) is 0 Å². The van der Waals surface area contributed by atoms with Crippen LogP contribution in [-0.2, 0) is 50.0 Å². The second-order valence-electron chi connectivity index (χ2n) is 19.1. The standard InChI is InChI=1S/C39H58N2O2.2C2H4O2.Co/c1-35(2,3)20-26-15-28(33(42)30(17-26)37(7,8)9)23-40-32-19-25-13-14-39(32,22-25)41-24-29-16-27(21-36(4,5)6)18-31(34(29)43)38(10,11)12;2*1-2(3)4;/h15-18,23-25,32,42-43H,13-14,19-22H2,1-12H3;2*1H3,(H,3,4);/q;;;+2/p-2. The van der Waals surface area contributed by atoms with Crippen molar-refractivity contribution >= 4 is 24.4 Å². The molecular formula is C43H64CoN2O6. The van der Waals surface area contributed by atoms with Gasteiger partial charge in [0, 0.05) is 46.6 Å². The first-order chi connectivity index (χ1) is 23.0. The number of hydrogen-bond acceptors (Lipinski definition) is 8. The van der Waals surface area contributed by atoms with E-state index in [1.807, 2.05) is 12.4 Å². The minimum Gasteiger partial charge on any atom is -0.550 e. The molecule has 2 aromatic rings. The molecule has 2 fully saturated rings. The second-order valence-corrected chi connectivity index (χ2v) is 19.1. The van der Waals surface area contributed by atoms with E-state index < -0.39 is 11.9 Å². The van der Waals surface area contributed by atoms with Gasteiger partial charge in [0.2, 0.25) is 0 Å². The summed E-state index contributed by atoms with van der Waals surface area (Å²) in [4.78, 5) is 28.2. The summed E-state index contributed by atoms with van der Waals surface area (Å²) in [6.07, 6.45) is 9.96. The monoisotopic (exact) mass is 763 g/mol. The van der Waals surface area contributed by atoms with Crippen LogP contribution in [0.5, 0.6) is 11.5 Å². The molecule has 2 aliphatic rings. The number of rotatable bonds is 6. The van der Waals surface area contributed by atoms with Gasteiger partial charge in [-0.1, -0.05) is 95.2 Å². The summed E-state index contributed by atoms with van der Waals surface area (Å²) < 4.78 is 0. The van der Waals surface area contributed by atoms with E-state index in [2.05, 4.69) is 107 Å². The Bertz CT molecular complexity index is 1580. The molecule has 4 rings (SSSR count). The topological polar surface area (TPSA) is 145 Å². The van der Waals surface area contributed by atoms with Crippen molar-refractivity contribution < 1.29 is 46.8 Å². The normalized spacial score (nSPS) is 20.2. The number of nitrogens with zero attached hydrogens (tertiary/aromatic N) is 2. The van der Waals surface area contributed by atoms with Crippen LogP contribution in [0.15, 0.2) is 34.3 Å². The van der Waals surface area contributed by atoms with Gasteiger partial charge in [-0.05, 0) is 103 Å². The van der Waals surface area contributed by atoms with Crippen molar-refractivity contribution in [3.8, 4) is 11.5 Å². The minimum absolute atomic E-state index is 0. The van der Waals surface area contributed by atoms with Crippen molar-refractivity contribution in [2.24, 2.45) is 26.7 Å². The molecule has 0 heterocycles. The van der Waals surface area contributed by atoms with Crippen LogP contribution in [0.4, 0.5) is 0 Å². The van der Waals surface area contributed by atoms with Gasteiger partial charge in [-0.15, -0.1) is 0 Å². The van der Waals surface area contributed by atoms with E-state index in [4.69, 9.17) is 29.8 Å². The van der Waals surface area contributed by atoms with Gasteiger partial charge in [-0.3, -0.25) is 9.98 Å². The van der Waals surface area contributed by atoms with Crippen molar-refractivity contribution in [3.63, 3.8) is 0 Å². The Morgan fingerprint density at radius 2 is 1.13 bits per heavy atom. The molecule has 291 valence electrons. The second kappa shape index (κ2) is 17.8. The first-order valence-electron chi connectivity index (χ1n) is 18.2. The summed E-state index contributed by atoms with van der Waals surface area (Å²) >= 11 is 0. The zero-order valence-electron chi connectivity index (χ0n) is 34.1. The molecule has 52 heavy (non-hydrogen) atoms. The average molecular weight is 764 g/mol. The summed E-state index contributed by atoms with van der Waals surface area (Å²) in [5.74, 6) is -0.866. The molecule has 1 radical (unpaired) electrons. The summed E-state index contributed by atoms with van der Waals surface area (Å²) in [5.41, 5.74) is 5.70. The van der Waals surface area contributed by atoms with Crippen LogP contribution in [0.25, 0.3) is 0 Å². The number of aliphatic imine (C=N–C) groups is 2. The number of benzene rings is 2. The molecule has 3 atom stereocenters. The number of phenolic OH excluding ortho intramolecular Hbond substituents is 2. The molecular weight excluding hydrogens is 699 g/mol. The number of fused-ring (bicyclic) bond motifs is 2. The summed E-state index contributed by atoms with van der Waals surface area (Å²) in [6, 6.07) is 8.66. The quantitative estimate of drug-likeness (QED) is 0.297. The Morgan fingerprint density at radius 1 is 0.750 bits per heavy atom. The summed E-state index contributed by atoms with van der Waals surface area (Å²) in [7, 11) is 0. The predicted molar refractivity (Wildman–Crippen MR) is 205 cm³/mol. The van der Waals surface area contributed by atoms with Gasteiger partial charge in [0.15, 0.2) is 0 Å². The molecule has 2 saturated carbocycles. The Hall–Kier alpha value is -3.17. The maximum absolute atomic E-state index is 11.4. The number of aliphatic carboxylic acids is 2. The van der Waals surface area contributed by atoms with Crippen LogP contribution in [0.3, 0.4) is 0 Å². The molecule has 2 bridgehead atoms. The summed E-state index contributed by atoms with van der Waals surface area (Å²) in [5, 5.41) is 40.5. The Balaban J connectivity index is 0.00000136. The fourth-order valence-electron chi connectivity index (χ4n) is 7.18. The molecule has 8 nitrogen and oxygen atoms in total. The molecule has 0 aromatic heterocycles.